The van der Waals surface area contributed by atoms with Crippen LogP contribution < -0.4 is 5.32 Å². The van der Waals surface area contributed by atoms with Gasteiger partial charge >= 0.3 is 0 Å². The Morgan fingerprint density at radius 2 is 2.32 bits per heavy atom. The summed E-state index contributed by atoms with van der Waals surface area (Å²) in [6.45, 7) is 1.26. The lowest BCUT2D eigenvalue weighted by atomic mass is 10.1. The van der Waals surface area contributed by atoms with E-state index in [9.17, 15) is 0 Å². The third kappa shape index (κ3) is 3.12. The maximum atomic E-state index is 6.26. The molecule has 2 aromatic heterocycles. The fraction of sp³-hybridized carbons (Fsp3) is 0.385. The van der Waals surface area contributed by atoms with E-state index in [0.717, 1.165) is 11.3 Å². The van der Waals surface area contributed by atoms with E-state index in [2.05, 4.69) is 15.4 Å². The Morgan fingerprint density at radius 3 is 2.95 bits per heavy atom. The first-order valence-corrected chi connectivity index (χ1v) is 6.43. The van der Waals surface area contributed by atoms with Crippen LogP contribution in [0.15, 0.2) is 30.7 Å². The zero-order chi connectivity index (χ0) is 13.7. The third-order valence-corrected chi connectivity index (χ3v) is 3.21. The van der Waals surface area contributed by atoms with Crippen molar-refractivity contribution in [2.45, 2.75) is 12.6 Å². The molecule has 2 aromatic rings. The van der Waals surface area contributed by atoms with Crippen LogP contribution in [0.2, 0.25) is 5.02 Å². The molecule has 1 unspecified atom stereocenters. The minimum absolute atomic E-state index is 0.0412. The smallest absolute Gasteiger partial charge is 0.0837 e. The van der Waals surface area contributed by atoms with Gasteiger partial charge in [-0.1, -0.05) is 17.7 Å². The molecular weight excluding hydrogens is 264 g/mol. The average molecular weight is 281 g/mol. The summed E-state index contributed by atoms with van der Waals surface area (Å²) in [5, 5.41) is 8.18. The number of halogens is 1. The molecule has 0 aliphatic rings. The predicted octanol–water partition coefficient (Wildman–Crippen LogP) is 1.89. The van der Waals surface area contributed by atoms with E-state index in [1.54, 1.807) is 19.5 Å². The molecule has 0 spiro atoms. The van der Waals surface area contributed by atoms with Crippen LogP contribution in [-0.4, -0.2) is 35.5 Å². The molecule has 1 atom stereocenters. The van der Waals surface area contributed by atoms with E-state index >= 15 is 0 Å². The Kier molecular flexibility index (Phi) is 4.90. The Bertz CT molecular complexity index is 515. The minimum atomic E-state index is -0.0412. The van der Waals surface area contributed by atoms with Gasteiger partial charge in [0, 0.05) is 19.5 Å². The van der Waals surface area contributed by atoms with E-state index in [-0.39, 0.29) is 6.04 Å². The van der Waals surface area contributed by atoms with Gasteiger partial charge in [0.2, 0.25) is 0 Å². The van der Waals surface area contributed by atoms with Crippen LogP contribution in [0.25, 0.3) is 0 Å². The number of nitrogens with zero attached hydrogens (tertiary/aromatic N) is 3. The normalized spacial score (nSPS) is 12.6. The average Bonchev–Trinajstić information content (AvgIpc) is 2.80. The number of aromatic nitrogens is 3. The number of rotatable bonds is 6. The molecule has 2 rings (SSSR count). The van der Waals surface area contributed by atoms with Gasteiger partial charge in [0.25, 0.3) is 0 Å². The summed E-state index contributed by atoms with van der Waals surface area (Å²) in [7, 11) is 3.56. The van der Waals surface area contributed by atoms with Gasteiger partial charge < -0.3 is 10.1 Å². The highest BCUT2D eigenvalue weighted by Crippen LogP contribution is 2.27. The number of hydrogen-bond donors (Lipinski definition) is 1. The van der Waals surface area contributed by atoms with Crippen LogP contribution in [0.3, 0.4) is 0 Å². The van der Waals surface area contributed by atoms with Crippen molar-refractivity contribution in [2.75, 3.05) is 20.8 Å². The molecule has 0 bridgehead atoms. The molecule has 19 heavy (non-hydrogen) atoms. The third-order valence-electron chi connectivity index (χ3n) is 2.92. The number of hydrogen-bond acceptors (Lipinski definition) is 4. The first-order valence-electron chi connectivity index (χ1n) is 6.05. The van der Waals surface area contributed by atoms with Crippen molar-refractivity contribution in [1.82, 2.24) is 20.1 Å². The Morgan fingerprint density at radius 1 is 1.47 bits per heavy atom. The number of nitrogens with one attached hydrogen (secondary N) is 1. The Hall–Kier alpha value is -1.43. The van der Waals surface area contributed by atoms with E-state index in [1.165, 1.54) is 0 Å². The summed E-state index contributed by atoms with van der Waals surface area (Å²) in [6.07, 6.45) is 5.23. The van der Waals surface area contributed by atoms with Gasteiger partial charge in [-0.25, -0.2) is 0 Å². The quantitative estimate of drug-likeness (QED) is 0.878. The fourth-order valence-corrected chi connectivity index (χ4v) is 2.27. The number of pyridine rings is 1. The van der Waals surface area contributed by atoms with Gasteiger partial charge in [-0.05, 0) is 18.7 Å². The molecule has 0 saturated heterocycles. The molecule has 6 heteroatoms. The molecule has 0 aliphatic heterocycles. The first-order chi connectivity index (χ1) is 9.27. The molecule has 0 radical (unpaired) electrons. The predicted molar refractivity (Wildman–Crippen MR) is 74.3 cm³/mol. The Balaban J connectivity index is 2.35. The summed E-state index contributed by atoms with van der Waals surface area (Å²) in [6, 6.07) is 3.88. The summed E-state index contributed by atoms with van der Waals surface area (Å²) in [5.41, 5.74) is 1.97. The minimum Gasteiger partial charge on any atom is -0.383 e. The molecule has 0 amide bonds. The van der Waals surface area contributed by atoms with E-state index in [1.807, 2.05) is 30.1 Å². The van der Waals surface area contributed by atoms with Crippen LogP contribution in [-0.2, 0) is 11.3 Å². The molecule has 0 fully saturated rings. The number of ether oxygens (including phenoxy) is 1. The van der Waals surface area contributed by atoms with Crippen molar-refractivity contribution < 1.29 is 4.74 Å². The summed E-state index contributed by atoms with van der Waals surface area (Å²) < 4.78 is 6.95. The van der Waals surface area contributed by atoms with Crippen molar-refractivity contribution in [3.05, 3.63) is 47.0 Å². The number of methoxy groups -OCH3 is 1. The molecule has 2 heterocycles. The second-order valence-electron chi connectivity index (χ2n) is 4.10. The van der Waals surface area contributed by atoms with Gasteiger partial charge in [0.15, 0.2) is 0 Å². The zero-order valence-corrected chi connectivity index (χ0v) is 11.8. The lowest BCUT2D eigenvalue weighted by Gasteiger charge is -2.18. The van der Waals surface area contributed by atoms with Gasteiger partial charge in [-0.15, -0.1) is 0 Å². The monoisotopic (exact) mass is 280 g/mol. The van der Waals surface area contributed by atoms with Crippen molar-refractivity contribution >= 4 is 11.6 Å². The molecule has 1 N–H and O–H groups in total. The maximum Gasteiger partial charge on any atom is 0.0837 e. The van der Waals surface area contributed by atoms with Gasteiger partial charge in [-0.2, -0.15) is 5.10 Å². The SMILES string of the molecule is CNC(c1cccnc1)c1c(Cl)cnn1CCOC. The highest BCUT2D eigenvalue weighted by Gasteiger charge is 2.20. The molecule has 0 saturated carbocycles. The first kappa shape index (κ1) is 14.0. The van der Waals surface area contributed by atoms with Gasteiger partial charge in [0.05, 0.1) is 36.1 Å². The zero-order valence-electron chi connectivity index (χ0n) is 11.0. The standard InChI is InChI=1S/C13H17ClN4O/c1-15-12(10-4-3-5-16-8-10)13-11(14)9-17-18(13)6-7-19-2/h3-5,8-9,12,15H,6-7H2,1-2H3. The largest absolute Gasteiger partial charge is 0.383 e. The summed E-state index contributed by atoms with van der Waals surface area (Å²) in [5.74, 6) is 0. The maximum absolute atomic E-state index is 6.26. The lowest BCUT2D eigenvalue weighted by Crippen LogP contribution is -2.23. The highest BCUT2D eigenvalue weighted by molar-refractivity contribution is 6.31. The van der Waals surface area contributed by atoms with Crippen molar-refractivity contribution in [1.29, 1.82) is 0 Å². The van der Waals surface area contributed by atoms with Crippen LogP contribution in [0.5, 0.6) is 0 Å². The van der Waals surface area contributed by atoms with E-state index < -0.39 is 0 Å². The molecule has 0 aliphatic carbocycles. The van der Waals surface area contributed by atoms with Gasteiger partial charge in [0.1, 0.15) is 0 Å². The van der Waals surface area contributed by atoms with Gasteiger partial charge in [-0.3, -0.25) is 9.67 Å². The van der Waals surface area contributed by atoms with Crippen LogP contribution in [0.1, 0.15) is 17.3 Å². The van der Waals surface area contributed by atoms with E-state index in [0.29, 0.717) is 18.2 Å². The van der Waals surface area contributed by atoms with Crippen molar-refractivity contribution in [2.24, 2.45) is 0 Å². The molecule has 0 aromatic carbocycles. The topological polar surface area (TPSA) is 52.0 Å². The van der Waals surface area contributed by atoms with E-state index in [4.69, 9.17) is 16.3 Å². The van der Waals surface area contributed by atoms with Crippen molar-refractivity contribution in [3.63, 3.8) is 0 Å². The Labute approximate surface area is 117 Å². The molecular formula is C13H17ClN4O. The van der Waals surface area contributed by atoms with Crippen LogP contribution in [0, 0.1) is 0 Å². The summed E-state index contributed by atoms with van der Waals surface area (Å²) >= 11 is 6.26. The second kappa shape index (κ2) is 6.65. The van der Waals surface area contributed by atoms with Crippen molar-refractivity contribution in [3.8, 4) is 0 Å². The summed E-state index contributed by atoms with van der Waals surface area (Å²) in [4.78, 5) is 4.15. The molecule has 102 valence electrons. The molecule has 5 nitrogen and oxygen atoms in total. The van der Waals surface area contributed by atoms with Crippen LogP contribution >= 0.6 is 11.6 Å². The second-order valence-corrected chi connectivity index (χ2v) is 4.51. The van der Waals surface area contributed by atoms with Crippen LogP contribution in [0.4, 0.5) is 0 Å². The fourth-order valence-electron chi connectivity index (χ4n) is 2.02. The highest BCUT2D eigenvalue weighted by atomic mass is 35.5. The lowest BCUT2D eigenvalue weighted by molar-refractivity contribution is 0.182.